The molecule has 2 aliphatic heterocycles. The second-order valence-electron chi connectivity index (χ2n) is 9.77. The van der Waals surface area contributed by atoms with Gasteiger partial charge in [-0.05, 0) is 50.6 Å². The highest BCUT2D eigenvalue weighted by Gasteiger charge is 2.49. The zero-order chi connectivity index (χ0) is 26.1. The average molecular weight is 595 g/mol. The lowest BCUT2D eigenvalue weighted by Gasteiger charge is -2.25. The van der Waals surface area contributed by atoms with Crippen LogP contribution < -0.4 is 10.2 Å². The van der Waals surface area contributed by atoms with Crippen LogP contribution in [0.1, 0.15) is 26.3 Å². The molecule has 4 rings (SSSR count). The largest absolute Gasteiger partial charge is 0.444 e. The van der Waals surface area contributed by atoms with Crippen molar-refractivity contribution < 1.29 is 22.7 Å². The van der Waals surface area contributed by atoms with Crippen LogP contribution in [0.3, 0.4) is 0 Å². The highest BCUT2D eigenvalue weighted by atomic mass is 79.9. The standard InChI is InChI=1S/C25H28BrN3O5S2/c1-25(2,3)34-24(31)27-19(13-16-7-5-4-6-8-16)22(30)28-23-29(18-11-9-17(26)10-12-18)20-14-36(32,33)15-21(20)35-23/h4-12,19-21H,13-15H2,1-3H3,(H,27,31)/t19-,20-,21+/m1/s1. The van der Waals surface area contributed by atoms with E-state index < -0.39 is 33.5 Å². The number of benzene rings is 2. The summed E-state index contributed by atoms with van der Waals surface area (Å²) in [5.41, 5.74) is 0.888. The van der Waals surface area contributed by atoms with Gasteiger partial charge in [0.2, 0.25) is 0 Å². The number of hydrogen-bond donors (Lipinski definition) is 1. The third kappa shape index (κ3) is 6.68. The fourth-order valence-corrected chi connectivity index (χ4v) is 8.32. The van der Waals surface area contributed by atoms with Crippen LogP contribution in [-0.2, 0) is 25.8 Å². The quantitative estimate of drug-likeness (QED) is 0.554. The Balaban J connectivity index is 1.64. The van der Waals surface area contributed by atoms with Crippen molar-refractivity contribution in [3.63, 3.8) is 0 Å². The van der Waals surface area contributed by atoms with Gasteiger partial charge in [-0.25, -0.2) is 13.2 Å². The normalized spacial score (nSPS) is 22.8. The minimum Gasteiger partial charge on any atom is -0.444 e. The number of sulfone groups is 1. The van der Waals surface area contributed by atoms with Crippen molar-refractivity contribution in [3.8, 4) is 0 Å². The number of thioether (sulfide) groups is 1. The first-order valence-corrected chi connectivity index (χ1v) is 15.0. The summed E-state index contributed by atoms with van der Waals surface area (Å²) in [4.78, 5) is 32.2. The van der Waals surface area contributed by atoms with Crippen LogP contribution in [0.25, 0.3) is 0 Å². The maximum Gasteiger partial charge on any atom is 0.408 e. The monoisotopic (exact) mass is 593 g/mol. The molecule has 0 aliphatic carbocycles. The Morgan fingerprint density at radius 3 is 2.44 bits per heavy atom. The van der Waals surface area contributed by atoms with Crippen LogP contribution in [0.4, 0.5) is 10.5 Å². The van der Waals surface area contributed by atoms with Crippen molar-refractivity contribution in [2.75, 3.05) is 16.4 Å². The lowest BCUT2D eigenvalue weighted by Crippen LogP contribution is -2.45. The first-order valence-electron chi connectivity index (χ1n) is 11.5. The Kier molecular flexibility index (Phi) is 7.82. The van der Waals surface area contributed by atoms with E-state index in [0.29, 0.717) is 5.17 Å². The second-order valence-corrected chi connectivity index (χ2v) is 14.0. The lowest BCUT2D eigenvalue weighted by molar-refractivity contribution is -0.119. The molecule has 0 saturated carbocycles. The Labute approximate surface area is 223 Å². The molecule has 0 bridgehead atoms. The third-order valence-corrected chi connectivity index (χ3v) is 9.39. The van der Waals surface area contributed by atoms with Crippen LogP contribution in [0.5, 0.6) is 0 Å². The summed E-state index contributed by atoms with van der Waals surface area (Å²) in [6, 6.07) is 15.5. The van der Waals surface area contributed by atoms with Crippen molar-refractivity contribution in [1.29, 1.82) is 0 Å². The van der Waals surface area contributed by atoms with E-state index in [-0.39, 0.29) is 29.2 Å². The minimum absolute atomic E-state index is 0.00244. The number of aliphatic imine (C=N–C) groups is 1. The second kappa shape index (κ2) is 10.5. The number of carbonyl (C=O) groups excluding carboxylic acids is 2. The fourth-order valence-electron chi connectivity index (χ4n) is 4.14. The molecule has 8 nitrogen and oxygen atoms in total. The predicted octanol–water partition coefficient (Wildman–Crippen LogP) is 4.19. The van der Waals surface area contributed by atoms with Crippen molar-refractivity contribution >= 4 is 60.4 Å². The maximum atomic E-state index is 13.5. The third-order valence-electron chi connectivity index (χ3n) is 5.65. The summed E-state index contributed by atoms with van der Waals surface area (Å²) in [6.07, 6.45) is -0.469. The molecule has 0 aromatic heterocycles. The number of anilines is 1. The van der Waals surface area contributed by atoms with Crippen LogP contribution >= 0.6 is 27.7 Å². The van der Waals surface area contributed by atoms with Gasteiger partial charge < -0.3 is 15.0 Å². The molecule has 2 aliphatic rings. The number of alkyl carbamates (subject to hydrolysis) is 1. The summed E-state index contributed by atoms with van der Waals surface area (Å²) in [5, 5.41) is 2.88. The number of nitrogens with zero attached hydrogens (tertiary/aromatic N) is 2. The molecule has 0 spiro atoms. The predicted molar refractivity (Wildman–Crippen MR) is 146 cm³/mol. The smallest absolute Gasteiger partial charge is 0.408 e. The van der Waals surface area contributed by atoms with Crippen molar-refractivity contribution in [2.45, 2.75) is 50.1 Å². The highest BCUT2D eigenvalue weighted by Crippen LogP contribution is 2.41. The van der Waals surface area contributed by atoms with Crippen molar-refractivity contribution in [1.82, 2.24) is 5.32 Å². The van der Waals surface area contributed by atoms with Gasteiger partial charge in [-0.1, -0.05) is 58.0 Å². The van der Waals surface area contributed by atoms with Gasteiger partial charge in [-0.2, -0.15) is 4.99 Å². The molecule has 192 valence electrons. The molecular formula is C25H28BrN3O5S2. The minimum atomic E-state index is -3.18. The molecule has 2 heterocycles. The average Bonchev–Trinajstić information content (AvgIpc) is 3.24. The van der Waals surface area contributed by atoms with E-state index in [2.05, 4.69) is 26.2 Å². The number of nitrogens with one attached hydrogen (secondary N) is 1. The van der Waals surface area contributed by atoms with Gasteiger partial charge in [-0.15, -0.1) is 0 Å². The summed E-state index contributed by atoms with van der Waals surface area (Å²) >= 11 is 4.71. The fraction of sp³-hybridized carbons (Fsp3) is 0.400. The van der Waals surface area contributed by atoms with E-state index in [1.165, 1.54) is 11.8 Å². The summed E-state index contributed by atoms with van der Waals surface area (Å²) in [6.45, 7) is 5.25. The Morgan fingerprint density at radius 2 is 1.81 bits per heavy atom. The number of hydrogen-bond acceptors (Lipinski definition) is 6. The SMILES string of the molecule is CC(C)(C)OC(=O)N[C@H](Cc1ccccc1)C(=O)N=C1S[C@H]2CS(=O)(=O)C[C@H]2N1c1ccc(Br)cc1. The maximum absolute atomic E-state index is 13.5. The Morgan fingerprint density at radius 1 is 1.14 bits per heavy atom. The van der Waals surface area contributed by atoms with E-state index in [4.69, 9.17) is 4.74 Å². The van der Waals surface area contributed by atoms with E-state index in [1.807, 2.05) is 59.5 Å². The van der Waals surface area contributed by atoms with Crippen LogP contribution in [-0.4, -0.2) is 60.0 Å². The first-order chi connectivity index (χ1) is 16.9. The number of ether oxygens (including phenoxy) is 1. The summed E-state index contributed by atoms with van der Waals surface area (Å²) in [5.74, 6) is -0.499. The van der Waals surface area contributed by atoms with Gasteiger partial charge >= 0.3 is 6.09 Å². The van der Waals surface area contributed by atoms with Gasteiger partial charge in [0.15, 0.2) is 15.0 Å². The number of amides is 2. The van der Waals surface area contributed by atoms with E-state index in [9.17, 15) is 18.0 Å². The van der Waals surface area contributed by atoms with Crippen molar-refractivity contribution in [3.05, 3.63) is 64.6 Å². The first kappa shape index (κ1) is 26.7. The van der Waals surface area contributed by atoms with Gasteiger partial charge in [0.1, 0.15) is 11.6 Å². The number of halogens is 1. The summed E-state index contributed by atoms with van der Waals surface area (Å²) < 4.78 is 30.9. The van der Waals surface area contributed by atoms with Crippen LogP contribution in [0.2, 0.25) is 0 Å². The van der Waals surface area contributed by atoms with E-state index >= 15 is 0 Å². The van der Waals surface area contributed by atoms with Gasteiger partial charge in [0.25, 0.3) is 5.91 Å². The molecule has 36 heavy (non-hydrogen) atoms. The van der Waals surface area contributed by atoms with E-state index in [1.54, 1.807) is 20.8 Å². The molecule has 0 unspecified atom stereocenters. The molecule has 0 radical (unpaired) electrons. The van der Waals surface area contributed by atoms with Crippen LogP contribution in [0.15, 0.2) is 64.1 Å². The summed E-state index contributed by atoms with van der Waals surface area (Å²) in [7, 11) is -3.18. The van der Waals surface area contributed by atoms with Gasteiger partial charge in [-0.3, -0.25) is 4.79 Å². The van der Waals surface area contributed by atoms with Crippen molar-refractivity contribution in [2.24, 2.45) is 4.99 Å². The van der Waals surface area contributed by atoms with E-state index in [0.717, 1.165) is 15.7 Å². The Bertz CT molecular complexity index is 1260. The number of carbonyl (C=O) groups is 2. The molecule has 2 amide bonds. The topological polar surface area (TPSA) is 105 Å². The molecule has 3 atom stereocenters. The zero-order valence-corrected chi connectivity index (χ0v) is 23.4. The molecule has 1 N–H and O–H groups in total. The Hall–Kier alpha value is -2.37. The molecule has 2 aromatic carbocycles. The lowest BCUT2D eigenvalue weighted by atomic mass is 10.1. The number of fused-ring (bicyclic) bond motifs is 1. The van der Waals surface area contributed by atoms with Gasteiger partial charge in [0.05, 0.1) is 17.5 Å². The molecule has 2 aromatic rings. The zero-order valence-electron chi connectivity index (χ0n) is 20.2. The molecule has 11 heteroatoms. The molecule has 2 fully saturated rings. The van der Waals surface area contributed by atoms with Crippen LogP contribution in [0, 0.1) is 0 Å². The number of amidine groups is 1. The van der Waals surface area contributed by atoms with Gasteiger partial charge in [0, 0.05) is 21.8 Å². The number of rotatable bonds is 5. The highest BCUT2D eigenvalue weighted by molar-refractivity contribution is 9.10. The molecular weight excluding hydrogens is 566 g/mol. The molecule has 2 saturated heterocycles.